The van der Waals surface area contributed by atoms with Gasteiger partial charge in [0.15, 0.2) is 0 Å². The van der Waals surface area contributed by atoms with Crippen LogP contribution in [0.5, 0.6) is 0 Å². The molecule has 2 aliphatic heterocycles. The Morgan fingerprint density at radius 2 is 2.38 bits per heavy atom. The molecule has 0 bridgehead atoms. The predicted molar refractivity (Wildman–Crippen MR) is 61.7 cm³/mol. The van der Waals surface area contributed by atoms with E-state index < -0.39 is 0 Å². The summed E-state index contributed by atoms with van der Waals surface area (Å²) in [7, 11) is 0. The summed E-state index contributed by atoms with van der Waals surface area (Å²) in [6, 6.07) is 4.26. The van der Waals surface area contributed by atoms with Crippen LogP contribution in [-0.4, -0.2) is 19.3 Å². The van der Waals surface area contributed by atoms with Gasteiger partial charge in [-0.05, 0) is 31.1 Å². The minimum Gasteiger partial charge on any atom is -0.463 e. The summed E-state index contributed by atoms with van der Waals surface area (Å²) in [6.07, 6.45) is 4.99. The monoisotopic (exact) mass is 217 g/mol. The van der Waals surface area contributed by atoms with Crippen molar-refractivity contribution in [3.8, 4) is 0 Å². The molecule has 0 saturated carbocycles. The molecule has 0 aliphatic carbocycles. The van der Waals surface area contributed by atoms with Gasteiger partial charge in [0.2, 0.25) is 0 Å². The van der Waals surface area contributed by atoms with Gasteiger partial charge in [-0.1, -0.05) is 6.08 Å². The van der Waals surface area contributed by atoms with E-state index in [0.29, 0.717) is 12.6 Å². The summed E-state index contributed by atoms with van der Waals surface area (Å²) in [4.78, 5) is 0. The Labute approximate surface area is 94.8 Å². The molecule has 0 radical (unpaired) electrons. The Morgan fingerprint density at radius 3 is 3.19 bits per heavy atom. The molecule has 1 N–H and O–H groups in total. The number of ether oxygens (including phenoxy) is 1. The van der Waals surface area contributed by atoms with Crippen molar-refractivity contribution < 1.29 is 9.15 Å². The summed E-state index contributed by atoms with van der Waals surface area (Å²) in [5.74, 6) is 0.901. The highest BCUT2D eigenvalue weighted by atomic mass is 16.5. The lowest BCUT2D eigenvalue weighted by atomic mass is 9.93. The molecule has 1 fully saturated rings. The van der Waals surface area contributed by atoms with Crippen molar-refractivity contribution in [3.05, 3.63) is 41.4 Å². The number of rotatable bonds is 1. The molecule has 3 heterocycles. The molecule has 0 aromatic carbocycles. The van der Waals surface area contributed by atoms with Crippen LogP contribution in [0.25, 0.3) is 5.70 Å². The van der Waals surface area contributed by atoms with Crippen molar-refractivity contribution >= 4 is 5.70 Å². The number of dihydropyridines is 1. The first-order valence-corrected chi connectivity index (χ1v) is 5.67. The average Bonchev–Trinajstić information content (AvgIpc) is 2.81. The van der Waals surface area contributed by atoms with Gasteiger partial charge < -0.3 is 14.5 Å². The van der Waals surface area contributed by atoms with Crippen LogP contribution in [0.2, 0.25) is 0 Å². The van der Waals surface area contributed by atoms with Crippen LogP contribution >= 0.6 is 0 Å². The molecule has 2 aliphatic rings. The van der Waals surface area contributed by atoms with Gasteiger partial charge in [0.1, 0.15) is 5.76 Å². The molecule has 3 rings (SSSR count). The standard InChI is InChI=1S/C13H15NO2/c1-9-7-10-4-6-15-8-11(10)13(14-9)12-3-2-5-16-12/h2-3,5,7,9,14H,4,6,8H2,1H3. The molecule has 1 aromatic heterocycles. The third kappa shape index (κ3) is 1.57. The average molecular weight is 217 g/mol. The minimum absolute atomic E-state index is 0.358. The topological polar surface area (TPSA) is 34.4 Å². The van der Waals surface area contributed by atoms with Crippen LogP contribution < -0.4 is 5.32 Å². The zero-order valence-corrected chi connectivity index (χ0v) is 9.32. The summed E-state index contributed by atoms with van der Waals surface area (Å²) in [5, 5.41) is 3.45. The van der Waals surface area contributed by atoms with Crippen molar-refractivity contribution in [2.75, 3.05) is 13.2 Å². The highest BCUT2D eigenvalue weighted by Crippen LogP contribution is 2.31. The van der Waals surface area contributed by atoms with Crippen molar-refractivity contribution in [3.63, 3.8) is 0 Å². The summed E-state index contributed by atoms with van der Waals surface area (Å²) in [5.41, 5.74) is 3.75. The Morgan fingerprint density at radius 1 is 1.44 bits per heavy atom. The van der Waals surface area contributed by atoms with Gasteiger partial charge in [-0.25, -0.2) is 0 Å². The second kappa shape index (κ2) is 3.83. The zero-order valence-electron chi connectivity index (χ0n) is 9.32. The van der Waals surface area contributed by atoms with E-state index in [2.05, 4.69) is 18.3 Å². The van der Waals surface area contributed by atoms with E-state index in [1.54, 1.807) is 6.26 Å². The van der Waals surface area contributed by atoms with Gasteiger partial charge in [-0.2, -0.15) is 0 Å². The van der Waals surface area contributed by atoms with E-state index in [-0.39, 0.29) is 0 Å². The molecule has 84 valence electrons. The Hall–Kier alpha value is -1.48. The third-order valence-electron chi connectivity index (χ3n) is 3.04. The van der Waals surface area contributed by atoms with E-state index in [4.69, 9.17) is 9.15 Å². The molecular weight excluding hydrogens is 202 g/mol. The fraction of sp³-hybridized carbons (Fsp3) is 0.385. The molecule has 1 saturated heterocycles. The van der Waals surface area contributed by atoms with Gasteiger partial charge >= 0.3 is 0 Å². The van der Waals surface area contributed by atoms with E-state index in [1.165, 1.54) is 11.1 Å². The van der Waals surface area contributed by atoms with Crippen LogP contribution in [0.3, 0.4) is 0 Å². The molecule has 16 heavy (non-hydrogen) atoms. The van der Waals surface area contributed by atoms with Gasteiger partial charge in [-0.15, -0.1) is 0 Å². The largest absolute Gasteiger partial charge is 0.463 e. The SMILES string of the molecule is CC1C=C2CCOCC2=C(c2ccco2)N1. The zero-order chi connectivity index (χ0) is 11.0. The van der Waals surface area contributed by atoms with Gasteiger partial charge in [0.25, 0.3) is 0 Å². The molecule has 3 nitrogen and oxygen atoms in total. The fourth-order valence-corrected chi connectivity index (χ4v) is 2.32. The number of hydrogen-bond acceptors (Lipinski definition) is 3. The first-order valence-electron chi connectivity index (χ1n) is 5.67. The lowest BCUT2D eigenvalue weighted by Crippen LogP contribution is -2.31. The van der Waals surface area contributed by atoms with Crippen molar-refractivity contribution in [2.24, 2.45) is 0 Å². The van der Waals surface area contributed by atoms with Crippen molar-refractivity contribution in [1.82, 2.24) is 5.32 Å². The van der Waals surface area contributed by atoms with Crippen LogP contribution in [-0.2, 0) is 4.74 Å². The van der Waals surface area contributed by atoms with Crippen molar-refractivity contribution in [1.29, 1.82) is 0 Å². The van der Waals surface area contributed by atoms with E-state index in [9.17, 15) is 0 Å². The summed E-state index contributed by atoms with van der Waals surface area (Å²) in [6.45, 7) is 3.66. The van der Waals surface area contributed by atoms with Crippen LogP contribution in [0.4, 0.5) is 0 Å². The highest BCUT2D eigenvalue weighted by Gasteiger charge is 2.24. The van der Waals surface area contributed by atoms with E-state index in [1.807, 2.05) is 12.1 Å². The normalized spacial score (nSPS) is 24.8. The van der Waals surface area contributed by atoms with E-state index in [0.717, 1.165) is 24.5 Å². The van der Waals surface area contributed by atoms with Gasteiger partial charge in [-0.3, -0.25) is 0 Å². The maximum atomic E-state index is 5.52. The number of hydrogen-bond donors (Lipinski definition) is 1. The van der Waals surface area contributed by atoms with Gasteiger partial charge in [0.05, 0.1) is 25.2 Å². The Kier molecular flexibility index (Phi) is 2.33. The molecule has 0 amide bonds. The maximum Gasteiger partial charge on any atom is 0.150 e. The second-order valence-electron chi connectivity index (χ2n) is 4.26. The molecule has 1 atom stereocenters. The maximum absolute atomic E-state index is 5.52. The highest BCUT2D eigenvalue weighted by molar-refractivity contribution is 5.70. The van der Waals surface area contributed by atoms with E-state index >= 15 is 0 Å². The van der Waals surface area contributed by atoms with Crippen LogP contribution in [0.15, 0.2) is 40.0 Å². The summed E-state index contributed by atoms with van der Waals surface area (Å²) >= 11 is 0. The van der Waals surface area contributed by atoms with Crippen LogP contribution in [0.1, 0.15) is 19.1 Å². The molecular formula is C13H15NO2. The fourth-order valence-electron chi connectivity index (χ4n) is 2.32. The second-order valence-corrected chi connectivity index (χ2v) is 4.26. The Bertz CT molecular complexity index is 443. The minimum atomic E-state index is 0.358. The smallest absolute Gasteiger partial charge is 0.150 e. The van der Waals surface area contributed by atoms with Crippen molar-refractivity contribution in [2.45, 2.75) is 19.4 Å². The number of furan rings is 1. The quantitative estimate of drug-likeness (QED) is 0.784. The molecule has 1 unspecified atom stereocenters. The number of nitrogens with one attached hydrogen (secondary N) is 1. The molecule has 3 heteroatoms. The van der Waals surface area contributed by atoms with Gasteiger partial charge in [0, 0.05) is 11.6 Å². The number of fused-ring (bicyclic) bond motifs is 1. The first kappa shape index (κ1) is 9.73. The third-order valence-corrected chi connectivity index (χ3v) is 3.04. The van der Waals surface area contributed by atoms with Crippen LogP contribution in [0, 0.1) is 0 Å². The Balaban J connectivity index is 2.06. The predicted octanol–water partition coefficient (Wildman–Crippen LogP) is 2.33. The lowest BCUT2D eigenvalue weighted by Gasteiger charge is -2.29. The molecule has 0 spiro atoms. The first-order chi connectivity index (χ1) is 7.84. The lowest BCUT2D eigenvalue weighted by molar-refractivity contribution is 0.145. The molecule has 1 aromatic rings. The summed E-state index contributed by atoms with van der Waals surface area (Å²) < 4.78 is 11.0.